The molecule has 2 heterocycles. The molecule has 0 spiro atoms. The van der Waals surface area contributed by atoms with E-state index in [1.165, 1.54) is 5.57 Å². The van der Waals surface area contributed by atoms with Crippen molar-refractivity contribution in [2.24, 2.45) is 7.05 Å². The highest BCUT2D eigenvalue weighted by atomic mass is 35.5. The standard InChI is InChI=1S/C19H24ClN3O3/c1-22-17(20)11-21-18(22)12-23-7-5-13(6-8-23)19-15(25-3)9-14(24-2)10-16(19)26-4/h5,9-11H,6-8,12H2,1-4H3. The van der Waals surface area contributed by atoms with Gasteiger partial charge in [0.1, 0.15) is 28.2 Å². The Bertz CT molecular complexity index is 791. The maximum atomic E-state index is 6.07. The summed E-state index contributed by atoms with van der Waals surface area (Å²) in [5.74, 6) is 3.20. The number of hydrogen-bond acceptors (Lipinski definition) is 5. The Kier molecular flexibility index (Phi) is 5.74. The van der Waals surface area contributed by atoms with Gasteiger partial charge in [-0.3, -0.25) is 4.90 Å². The molecule has 0 N–H and O–H groups in total. The fourth-order valence-electron chi connectivity index (χ4n) is 3.18. The van der Waals surface area contributed by atoms with Crippen molar-refractivity contribution in [2.45, 2.75) is 13.0 Å². The number of rotatable bonds is 6. The molecule has 0 saturated carbocycles. The highest BCUT2D eigenvalue weighted by Gasteiger charge is 2.21. The molecule has 6 nitrogen and oxygen atoms in total. The van der Waals surface area contributed by atoms with Crippen LogP contribution in [0.4, 0.5) is 0 Å². The summed E-state index contributed by atoms with van der Waals surface area (Å²) >= 11 is 6.07. The summed E-state index contributed by atoms with van der Waals surface area (Å²) in [5, 5.41) is 0.654. The van der Waals surface area contributed by atoms with Crippen molar-refractivity contribution in [3.63, 3.8) is 0 Å². The molecule has 2 aromatic rings. The molecule has 26 heavy (non-hydrogen) atoms. The maximum Gasteiger partial charge on any atom is 0.133 e. The van der Waals surface area contributed by atoms with Crippen molar-refractivity contribution in [3.8, 4) is 17.2 Å². The largest absolute Gasteiger partial charge is 0.496 e. The SMILES string of the molecule is COc1cc(OC)c(C2=CCN(Cc3ncc(Cl)n3C)CC2)c(OC)c1. The molecule has 140 valence electrons. The number of nitrogens with zero attached hydrogens (tertiary/aromatic N) is 3. The van der Waals surface area contributed by atoms with Crippen LogP contribution in [0.3, 0.4) is 0 Å². The number of benzene rings is 1. The summed E-state index contributed by atoms with van der Waals surface area (Å²) in [6.07, 6.45) is 4.81. The first-order chi connectivity index (χ1) is 12.6. The normalized spacial score (nSPS) is 14.9. The maximum absolute atomic E-state index is 6.07. The molecule has 1 aromatic carbocycles. The summed E-state index contributed by atoms with van der Waals surface area (Å²) in [7, 11) is 6.90. The van der Waals surface area contributed by atoms with Crippen LogP contribution < -0.4 is 14.2 Å². The lowest BCUT2D eigenvalue weighted by Gasteiger charge is -2.27. The average molecular weight is 378 g/mol. The van der Waals surface area contributed by atoms with Gasteiger partial charge in [0.05, 0.1) is 39.6 Å². The van der Waals surface area contributed by atoms with Crippen LogP contribution in [0, 0.1) is 0 Å². The fourth-order valence-corrected chi connectivity index (χ4v) is 3.32. The molecule has 1 aliphatic rings. The molecule has 0 amide bonds. The first kappa shape index (κ1) is 18.6. The summed E-state index contributed by atoms with van der Waals surface area (Å²) < 4.78 is 18.4. The van der Waals surface area contributed by atoms with Crippen LogP contribution in [-0.4, -0.2) is 48.9 Å². The van der Waals surface area contributed by atoms with E-state index < -0.39 is 0 Å². The molecule has 1 aromatic heterocycles. The fraction of sp³-hybridized carbons (Fsp3) is 0.421. The number of aromatic nitrogens is 2. The molecule has 3 rings (SSSR count). The number of imidazole rings is 1. The van der Waals surface area contributed by atoms with Gasteiger partial charge in [0.2, 0.25) is 0 Å². The van der Waals surface area contributed by atoms with Crippen molar-refractivity contribution < 1.29 is 14.2 Å². The third-order valence-corrected chi connectivity index (χ3v) is 5.07. The molecular weight excluding hydrogens is 354 g/mol. The Morgan fingerprint density at radius 3 is 2.27 bits per heavy atom. The van der Waals surface area contributed by atoms with Crippen molar-refractivity contribution in [1.82, 2.24) is 14.5 Å². The van der Waals surface area contributed by atoms with Gasteiger partial charge in [0.25, 0.3) is 0 Å². The molecule has 1 aliphatic heterocycles. The van der Waals surface area contributed by atoms with Crippen LogP contribution in [0.2, 0.25) is 5.15 Å². The minimum atomic E-state index is 0.654. The highest BCUT2D eigenvalue weighted by Crippen LogP contribution is 2.40. The second-order valence-electron chi connectivity index (χ2n) is 6.18. The molecule has 0 radical (unpaired) electrons. The van der Waals surface area contributed by atoms with E-state index in [1.54, 1.807) is 27.5 Å². The first-order valence-corrected chi connectivity index (χ1v) is 8.83. The van der Waals surface area contributed by atoms with Crippen molar-refractivity contribution in [3.05, 3.63) is 40.9 Å². The summed E-state index contributed by atoms with van der Waals surface area (Å²) in [4.78, 5) is 6.71. The quantitative estimate of drug-likeness (QED) is 0.772. The van der Waals surface area contributed by atoms with Gasteiger partial charge in [-0.1, -0.05) is 17.7 Å². The molecule has 0 atom stereocenters. The predicted octanol–water partition coefficient (Wildman–Crippen LogP) is 3.39. The molecule has 0 fully saturated rings. The number of ether oxygens (including phenoxy) is 3. The zero-order chi connectivity index (χ0) is 18.7. The topological polar surface area (TPSA) is 48.8 Å². The van der Waals surface area contributed by atoms with E-state index >= 15 is 0 Å². The van der Waals surface area contributed by atoms with Gasteiger partial charge in [-0.25, -0.2) is 4.98 Å². The number of halogens is 1. The van der Waals surface area contributed by atoms with E-state index in [0.717, 1.165) is 48.9 Å². The van der Waals surface area contributed by atoms with E-state index in [-0.39, 0.29) is 0 Å². The van der Waals surface area contributed by atoms with E-state index in [4.69, 9.17) is 25.8 Å². The summed E-state index contributed by atoms with van der Waals surface area (Å²) in [6, 6.07) is 3.78. The average Bonchev–Trinajstić information content (AvgIpc) is 2.99. The van der Waals surface area contributed by atoms with Gasteiger partial charge in [0, 0.05) is 32.3 Å². The lowest BCUT2D eigenvalue weighted by atomic mass is 9.97. The lowest BCUT2D eigenvalue weighted by Crippen LogP contribution is -2.29. The first-order valence-electron chi connectivity index (χ1n) is 8.45. The van der Waals surface area contributed by atoms with Crippen LogP contribution in [0.1, 0.15) is 17.8 Å². The number of methoxy groups -OCH3 is 3. The molecule has 7 heteroatoms. The zero-order valence-electron chi connectivity index (χ0n) is 15.6. The zero-order valence-corrected chi connectivity index (χ0v) is 16.3. The Labute approximate surface area is 158 Å². The van der Waals surface area contributed by atoms with Crippen LogP contribution in [0.5, 0.6) is 17.2 Å². The van der Waals surface area contributed by atoms with Gasteiger partial charge in [0.15, 0.2) is 0 Å². The van der Waals surface area contributed by atoms with Crippen LogP contribution in [-0.2, 0) is 13.6 Å². The van der Waals surface area contributed by atoms with Gasteiger partial charge in [-0.15, -0.1) is 0 Å². The summed E-state index contributed by atoms with van der Waals surface area (Å²) in [5.41, 5.74) is 2.21. The van der Waals surface area contributed by atoms with Crippen LogP contribution in [0.25, 0.3) is 5.57 Å². The second-order valence-corrected chi connectivity index (χ2v) is 6.56. The highest BCUT2D eigenvalue weighted by molar-refractivity contribution is 6.29. The molecule has 0 unspecified atom stereocenters. The molecular formula is C19H24ClN3O3. The van der Waals surface area contributed by atoms with Gasteiger partial charge in [-0.2, -0.15) is 0 Å². The minimum absolute atomic E-state index is 0.654. The predicted molar refractivity (Wildman–Crippen MR) is 102 cm³/mol. The van der Waals surface area contributed by atoms with Gasteiger partial charge < -0.3 is 18.8 Å². The van der Waals surface area contributed by atoms with Crippen LogP contribution in [0.15, 0.2) is 24.4 Å². The van der Waals surface area contributed by atoms with E-state index in [1.807, 2.05) is 23.7 Å². The molecule has 0 bridgehead atoms. The Hall–Kier alpha value is -2.18. The third kappa shape index (κ3) is 3.66. The van der Waals surface area contributed by atoms with E-state index in [0.29, 0.717) is 10.9 Å². The smallest absolute Gasteiger partial charge is 0.133 e. The molecule has 0 aliphatic carbocycles. The second kappa shape index (κ2) is 8.01. The Morgan fingerprint density at radius 2 is 1.81 bits per heavy atom. The van der Waals surface area contributed by atoms with Crippen molar-refractivity contribution in [2.75, 3.05) is 34.4 Å². The van der Waals surface area contributed by atoms with Gasteiger partial charge in [-0.05, 0) is 12.0 Å². The van der Waals surface area contributed by atoms with Crippen LogP contribution >= 0.6 is 11.6 Å². The lowest BCUT2D eigenvalue weighted by molar-refractivity contribution is 0.283. The molecule has 0 saturated heterocycles. The minimum Gasteiger partial charge on any atom is -0.496 e. The summed E-state index contributed by atoms with van der Waals surface area (Å²) in [6.45, 7) is 2.52. The van der Waals surface area contributed by atoms with Gasteiger partial charge >= 0.3 is 0 Å². The van der Waals surface area contributed by atoms with Crippen molar-refractivity contribution >= 4 is 17.2 Å². The Balaban J connectivity index is 1.81. The van der Waals surface area contributed by atoms with Crippen molar-refractivity contribution in [1.29, 1.82) is 0 Å². The number of hydrogen-bond donors (Lipinski definition) is 0. The Morgan fingerprint density at radius 1 is 1.12 bits per heavy atom. The van der Waals surface area contributed by atoms with E-state index in [9.17, 15) is 0 Å². The third-order valence-electron chi connectivity index (χ3n) is 4.72. The monoisotopic (exact) mass is 377 g/mol. The van der Waals surface area contributed by atoms with E-state index in [2.05, 4.69) is 16.0 Å².